The summed E-state index contributed by atoms with van der Waals surface area (Å²) in [6.07, 6.45) is 11.0. The number of benzene rings is 7. The van der Waals surface area contributed by atoms with E-state index < -0.39 is 23.5 Å². The van der Waals surface area contributed by atoms with Crippen molar-refractivity contribution in [3.8, 4) is 34.5 Å². The first-order valence-electron chi connectivity index (χ1n) is 38.0. The lowest BCUT2D eigenvalue weighted by molar-refractivity contribution is -0.152. The summed E-state index contributed by atoms with van der Waals surface area (Å²) < 4.78 is 38.0. The van der Waals surface area contributed by atoms with Crippen molar-refractivity contribution in [2.24, 2.45) is 11.7 Å². The highest BCUT2D eigenvalue weighted by atomic mass is 16.6. The molecule has 121 heavy (non-hydrogen) atoms. The molecule has 1 fully saturated rings. The molecule has 14 rings (SSSR count). The van der Waals surface area contributed by atoms with Gasteiger partial charge >= 0.3 is 24.1 Å². The van der Waals surface area contributed by atoms with Crippen molar-refractivity contribution in [1.82, 2.24) is 29.9 Å². The van der Waals surface area contributed by atoms with Crippen molar-refractivity contribution in [2.45, 2.75) is 71.8 Å². The van der Waals surface area contributed by atoms with Gasteiger partial charge in [0, 0.05) is 114 Å². The molecule has 10 aromatic rings. The van der Waals surface area contributed by atoms with Crippen molar-refractivity contribution in [3.63, 3.8) is 0 Å². The Morgan fingerprint density at radius 3 is 1.25 bits per heavy atom. The van der Waals surface area contributed by atoms with E-state index in [9.17, 15) is 38.4 Å². The number of allylic oxidation sites excluding steroid dienone is 1. The molecule has 33 heteroatoms. The minimum Gasteiger partial charge on any atom is -0.497 e. The van der Waals surface area contributed by atoms with Crippen molar-refractivity contribution < 1.29 is 71.5 Å². The third kappa shape index (κ3) is 21.1. The number of fused-ring (bicyclic) bond motifs is 3. The smallest absolute Gasteiger partial charge is 0.331 e. The number of nitrogens with two attached hydrogens (primary N) is 1. The number of para-hydroxylation sites is 5. The van der Waals surface area contributed by atoms with Gasteiger partial charge in [0.15, 0.2) is 5.78 Å². The van der Waals surface area contributed by atoms with Crippen LogP contribution in [0.3, 0.4) is 0 Å². The number of esters is 1. The molecule has 3 aromatic heterocycles. The first kappa shape index (κ1) is 84.9. The van der Waals surface area contributed by atoms with E-state index >= 15 is 0 Å². The molecular weight excluding hydrogens is 1550 g/mol. The average molecular weight is 1640 g/mol. The zero-order valence-electron chi connectivity index (χ0n) is 68.0. The molecule has 4 aliphatic rings. The fourth-order valence-corrected chi connectivity index (χ4v) is 13.0. The summed E-state index contributed by atoms with van der Waals surface area (Å²) in [6, 6.07) is 43.0. The van der Waals surface area contributed by atoms with Crippen molar-refractivity contribution in [2.75, 3.05) is 112 Å². The number of urea groups is 3. The van der Waals surface area contributed by atoms with Gasteiger partial charge in [0.1, 0.15) is 64.1 Å². The molecule has 7 aromatic carbocycles. The Kier molecular flexibility index (Phi) is 26.7. The van der Waals surface area contributed by atoms with Crippen LogP contribution in [0.1, 0.15) is 71.8 Å². The number of amides is 9. The number of ether oxygens (including phenoxy) is 7. The zero-order chi connectivity index (χ0) is 86.2. The Hall–Kier alpha value is -15.4. The number of rotatable bonds is 29. The zero-order valence-corrected chi connectivity index (χ0v) is 68.0. The highest BCUT2D eigenvalue weighted by molar-refractivity contribution is 6.10. The Balaban J connectivity index is 0.000000167. The first-order chi connectivity index (χ1) is 58.3. The summed E-state index contributed by atoms with van der Waals surface area (Å²) in [5.41, 5.74) is 13.2. The molecule has 1 aliphatic carbocycles. The topological polar surface area (TPSA) is 384 Å². The number of nitrogens with one attached hydrogen (secondary N) is 5. The summed E-state index contributed by atoms with van der Waals surface area (Å²) in [6.45, 7) is 16.7. The fraction of sp³-hybridized carbons (Fsp3) is 0.227. The molecule has 0 spiro atoms. The van der Waals surface area contributed by atoms with Gasteiger partial charge in [-0.05, 0) is 111 Å². The maximum atomic E-state index is 14.1. The van der Waals surface area contributed by atoms with Crippen LogP contribution in [0.15, 0.2) is 208 Å². The summed E-state index contributed by atoms with van der Waals surface area (Å²) in [5.74, 6) is 3.64. The Morgan fingerprint density at radius 1 is 0.471 bits per heavy atom. The minimum atomic E-state index is -0.753. The van der Waals surface area contributed by atoms with Gasteiger partial charge in [-0.25, -0.2) is 29.3 Å². The SMILES string of the molecule is C=CC(=O)Cc1ccccc1Nc1ncc2c(n1)N(CC1CC1)C(=O)N(c1cc(OC)cc(OC)c1)C2.C=CC(=O)Nc1ccccc1Nc1ncc2c(n1)N(CC(=O)OC(C)(C)C)C(=O)N(c1cc(OC)cc(OC)c1)C2.C=CC(=O)Nc1ccccc1Nc1ncc2c(n1)N(Cc1cccc(C(N)=O)c1)C(=O)N(c1cc(OC)cc(OC)c1)C2. The molecule has 9 amide bonds. The van der Waals surface area contributed by atoms with E-state index in [2.05, 4.69) is 66.3 Å². The molecule has 1 saturated carbocycles. The van der Waals surface area contributed by atoms with Gasteiger partial charge in [0.2, 0.25) is 35.6 Å². The number of aromatic nitrogens is 6. The lowest BCUT2D eigenvalue weighted by atomic mass is 10.1. The quantitative estimate of drug-likeness (QED) is 0.0187. The maximum absolute atomic E-state index is 14.1. The van der Waals surface area contributed by atoms with Gasteiger partial charge in [-0.2, -0.15) is 15.0 Å². The fourth-order valence-electron chi connectivity index (χ4n) is 13.0. The van der Waals surface area contributed by atoms with Crippen LogP contribution < -0.4 is 90.1 Å². The first-order valence-corrected chi connectivity index (χ1v) is 38.0. The number of hydrogen-bond acceptors (Lipinski definition) is 24. The third-order valence-corrected chi connectivity index (χ3v) is 19.1. The van der Waals surface area contributed by atoms with Gasteiger partial charge in [-0.15, -0.1) is 0 Å². The summed E-state index contributed by atoms with van der Waals surface area (Å²) in [5, 5.41) is 14.9. The van der Waals surface area contributed by atoms with Crippen LogP contribution in [0.2, 0.25) is 0 Å². The van der Waals surface area contributed by atoms with Crippen LogP contribution in [0.4, 0.5) is 95.2 Å². The number of ketones is 1. The van der Waals surface area contributed by atoms with Crippen molar-refractivity contribution in [1.29, 1.82) is 0 Å². The lowest BCUT2D eigenvalue weighted by Gasteiger charge is -2.36. The van der Waals surface area contributed by atoms with Gasteiger partial charge in [0.05, 0.1) is 109 Å². The number of anilines is 14. The van der Waals surface area contributed by atoms with E-state index in [0.29, 0.717) is 133 Å². The van der Waals surface area contributed by atoms with E-state index in [4.69, 9.17) is 48.9 Å². The summed E-state index contributed by atoms with van der Waals surface area (Å²) in [7, 11) is 9.27. The molecule has 3 aliphatic heterocycles. The van der Waals surface area contributed by atoms with Gasteiger partial charge in [-0.1, -0.05) is 74.3 Å². The second-order valence-electron chi connectivity index (χ2n) is 28.7. The number of hydrogen-bond donors (Lipinski definition) is 6. The molecule has 33 nitrogen and oxygen atoms in total. The molecule has 0 saturated heterocycles. The van der Waals surface area contributed by atoms with Gasteiger partial charge in [0.25, 0.3) is 0 Å². The molecular formula is C88H90N18O15. The van der Waals surface area contributed by atoms with E-state index in [1.807, 2.05) is 36.4 Å². The van der Waals surface area contributed by atoms with Crippen LogP contribution in [-0.4, -0.2) is 139 Å². The minimum absolute atomic E-state index is 0.0731. The molecule has 622 valence electrons. The van der Waals surface area contributed by atoms with Crippen LogP contribution in [0.25, 0.3) is 0 Å². The summed E-state index contributed by atoms with van der Waals surface area (Å²) >= 11 is 0. The molecule has 6 heterocycles. The number of carbonyl (C=O) groups is 8. The second kappa shape index (κ2) is 38.1. The predicted octanol–water partition coefficient (Wildman–Crippen LogP) is 14.1. The van der Waals surface area contributed by atoms with Crippen LogP contribution in [0.5, 0.6) is 34.5 Å². The van der Waals surface area contributed by atoms with Crippen LogP contribution >= 0.6 is 0 Å². The van der Waals surface area contributed by atoms with E-state index in [1.54, 1.807) is 184 Å². The van der Waals surface area contributed by atoms with Crippen LogP contribution in [-0.2, 0) is 56.5 Å². The van der Waals surface area contributed by atoms with Crippen LogP contribution in [0, 0.1) is 5.92 Å². The largest absolute Gasteiger partial charge is 0.497 e. The molecule has 0 bridgehead atoms. The van der Waals surface area contributed by atoms with E-state index in [0.717, 1.165) is 35.7 Å². The summed E-state index contributed by atoms with van der Waals surface area (Å²) in [4.78, 5) is 139. The Morgan fingerprint density at radius 2 is 0.851 bits per heavy atom. The monoisotopic (exact) mass is 1640 g/mol. The number of carbonyl (C=O) groups excluding carboxylic acids is 8. The second-order valence-corrected chi connectivity index (χ2v) is 28.7. The predicted molar refractivity (Wildman–Crippen MR) is 460 cm³/mol. The normalized spacial score (nSPS) is 13.2. The number of methoxy groups -OCH3 is 6. The lowest BCUT2D eigenvalue weighted by Crippen LogP contribution is -2.50. The highest BCUT2D eigenvalue weighted by Gasteiger charge is 2.40. The maximum Gasteiger partial charge on any atom is 0.331 e. The molecule has 0 unspecified atom stereocenters. The Labute approximate surface area is 697 Å². The molecule has 0 atom stereocenters. The number of primary amides is 1. The van der Waals surface area contributed by atoms with Gasteiger partial charge < -0.3 is 65.5 Å². The third-order valence-electron chi connectivity index (χ3n) is 19.1. The van der Waals surface area contributed by atoms with Crippen molar-refractivity contribution >= 4 is 128 Å². The molecule has 7 N–H and O–H groups in total. The number of nitrogens with zero attached hydrogens (tertiary/aromatic N) is 12. The highest BCUT2D eigenvalue weighted by Crippen LogP contribution is 2.42. The van der Waals surface area contributed by atoms with Crippen molar-refractivity contribution in [3.05, 3.63) is 242 Å². The molecule has 0 radical (unpaired) electrons. The van der Waals surface area contributed by atoms with E-state index in [-0.39, 0.29) is 80.0 Å². The standard InChI is InChI=1S/C31H29N7O5.C29H32N6O6.C28H29N5O4/c1-4-27(39)34-25-10-5-6-11-26(25)35-30-33-16-21-18-37(22-13-23(42-2)15-24(14-22)43-3)31(41)38(29(21)36-30)17-19-8-7-9-20(12-19)28(32)40;1-7-24(36)31-22-10-8-9-11-23(22)32-27-30-15-18-16-34(19-12-20(39-5)14-21(13-19)40-6)28(38)35(26(18)33-27)17-25(37)41-29(2,3)4;1-4-22(34)11-19-7-5-6-8-25(19)30-27-29-15-20-17-32(21-12-23(36-2)14-24(13-21)37-3)28(35)33(26(20)31-27)16-18-9-10-18/h4-16H,1,17-18H2,2-3H3,(H2,32,40)(H,34,39)(H,33,35,36);7-15H,1,16-17H2,2-6H3,(H,31,36)(H,30,32,33);4-8,12-15,18H,1,9-11,16-17H2,2-3H3,(H,29,30,31). The average Bonchev–Trinajstić information content (AvgIpc) is 1.48. The van der Waals surface area contributed by atoms with E-state index in [1.165, 1.54) is 55.3 Å². The Bertz CT molecular complexity index is 5570. The van der Waals surface area contributed by atoms with Gasteiger partial charge in [-0.3, -0.25) is 53.4 Å².